The second-order valence-corrected chi connectivity index (χ2v) is 5.04. The fraction of sp³-hybridized carbons (Fsp3) is 0.500. The second-order valence-electron chi connectivity index (χ2n) is 5.04. The van der Waals surface area contributed by atoms with Crippen LogP contribution in [0.15, 0.2) is 24.3 Å². The molecule has 0 bridgehead atoms. The van der Waals surface area contributed by atoms with Gasteiger partial charge in [0.15, 0.2) is 0 Å². The van der Waals surface area contributed by atoms with E-state index in [1.807, 2.05) is 6.07 Å². The van der Waals surface area contributed by atoms with Crippen LogP contribution in [0.4, 0.5) is 0 Å². The van der Waals surface area contributed by atoms with Gasteiger partial charge in [0.1, 0.15) is 0 Å². The van der Waals surface area contributed by atoms with Gasteiger partial charge >= 0.3 is 0 Å². The molecule has 1 aromatic carbocycles. The van der Waals surface area contributed by atoms with Crippen LogP contribution in [-0.2, 0) is 10.3 Å². The van der Waals surface area contributed by atoms with E-state index in [4.69, 9.17) is 4.74 Å². The van der Waals surface area contributed by atoms with E-state index in [-0.39, 0.29) is 5.91 Å². The zero-order chi connectivity index (χ0) is 13.2. The Morgan fingerprint density at radius 3 is 2.61 bits per heavy atom. The minimum atomic E-state index is -0.929. The average Bonchev–Trinajstić information content (AvgIpc) is 2.38. The summed E-state index contributed by atoms with van der Waals surface area (Å²) < 4.78 is 5.23. The van der Waals surface area contributed by atoms with Crippen LogP contribution in [-0.4, -0.2) is 42.2 Å². The van der Waals surface area contributed by atoms with Gasteiger partial charge in [0, 0.05) is 18.7 Å². The molecule has 1 fully saturated rings. The fourth-order valence-electron chi connectivity index (χ4n) is 1.98. The lowest BCUT2D eigenvalue weighted by atomic mass is 9.96. The highest BCUT2D eigenvalue weighted by atomic mass is 16.5. The Kier molecular flexibility index (Phi) is 3.68. The number of aliphatic hydroxyl groups is 1. The monoisotopic (exact) mass is 249 g/mol. The lowest BCUT2D eigenvalue weighted by Crippen LogP contribution is -2.40. The van der Waals surface area contributed by atoms with Crippen molar-refractivity contribution in [3.63, 3.8) is 0 Å². The van der Waals surface area contributed by atoms with E-state index in [9.17, 15) is 9.90 Å². The van der Waals surface area contributed by atoms with Gasteiger partial charge in [-0.25, -0.2) is 0 Å². The number of amides is 1. The molecule has 2 rings (SSSR count). The molecule has 0 radical (unpaired) electrons. The van der Waals surface area contributed by atoms with Gasteiger partial charge in [0.05, 0.1) is 18.8 Å². The van der Waals surface area contributed by atoms with Gasteiger partial charge in [-0.15, -0.1) is 0 Å². The molecule has 98 valence electrons. The van der Waals surface area contributed by atoms with E-state index < -0.39 is 5.60 Å². The molecule has 4 heteroatoms. The average molecular weight is 249 g/mol. The first kappa shape index (κ1) is 13.1. The minimum Gasteiger partial charge on any atom is -0.386 e. The summed E-state index contributed by atoms with van der Waals surface area (Å²) in [6, 6.07) is 7.18. The number of ether oxygens (including phenoxy) is 1. The van der Waals surface area contributed by atoms with Crippen LogP contribution >= 0.6 is 0 Å². The van der Waals surface area contributed by atoms with Crippen molar-refractivity contribution in [1.82, 2.24) is 4.90 Å². The summed E-state index contributed by atoms with van der Waals surface area (Å²) in [6.45, 7) is 5.88. The van der Waals surface area contributed by atoms with E-state index in [2.05, 4.69) is 0 Å². The molecule has 1 amide bonds. The normalized spacial score (nSPS) is 16.7. The van der Waals surface area contributed by atoms with Crippen molar-refractivity contribution in [1.29, 1.82) is 0 Å². The molecule has 0 aromatic heterocycles. The molecule has 0 saturated carbocycles. The first-order valence-corrected chi connectivity index (χ1v) is 6.18. The summed E-state index contributed by atoms with van der Waals surface area (Å²) >= 11 is 0. The van der Waals surface area contributed by atoms with Crippen LogP contribution < -0.4 is 0 Å². The van der Waals surface area contributed by atoms with Gasteiger partial charge in [0.25, 0.3) is 5.91 Å². The SMILES string of the molecule is CC(C)(O)c1cccc(C(=O)N2CCOCC2)c1. The molecular formula is C14H19NO3. The molecule has 18 heavy (non-hydrogen) atoms. The molecule has 1 heterocycles. The first-order chi connectivity index (χ1) is 8.48. The van der Waals surface area contributed by atoms with Gasteiger partial charge in [-0.3, -0.25) is 4.79 Å². The molecule has 0 aliphatic carbocycles. The number of rotatable bonds is 2. The molecule has 0 unspecified atom stereocenters. The number of carbonyl (C=O) groups is 1. The van der Waals surface area contributed by atoms with Crippen LogP contribution in [0.2, 0.25) is 0 Å². The van der Waals surface area contributed by atoms with Crippen LogP contribution in [0.25, 0.3) is 0 Å². The minimum absolute atomic E-state index is 0.00407. The predicted molar refractivity (Wildman–Crippen MR) is 68.4 cm³/mol. The Morgan fingerprint density at radius 1 is 1.33 bits per heavy atom. The van der Waals surface area contributed by atoms with Crippen molar-refractivity contribution in [2.45, 2.75) is 19.4 Å². The maximum absolute atomic E-state index is 12.3. The van der Waals surface area contributed by atoms with Gasteiger partial charge in [-0.2, -0.15) is 0 Å². The number of hydrogen-bond acceptors (Lipinski definition) is 3. The molecule has 1 N–H and O–H groups in total. The van der Waals surface area contributed by atoms with Crippen molar-refractivity contribution in [3.05, 3.63) is 35.4 Å². The van der Waals surface area contributed by atoms with Crippen molar-refractivity contribution in [3.8, 4) is 0 Å². The zero-order valence-corrected chi connectivity index (χ0v) is 10.8. The molecule has 1 aliphatic rings. The summed E-state index contributed by atoms with van der Waals surface area (Å²) in [5.41, 5.74) is 0.444. The summed E-state index contributed by atoms with van der Waals surface area (Å²) in [5.74, 6) is 0.00407. The van der Waals surface area contributed by atoms with Crippen molar-refractivity contribution in [2.75, 3.05) is 26.3 Å². The van der Waals surface area contributed by atoms with E-state index in [0.29, 0.717) is 31.9 Å². The van der Waals surface area contributed by atoms with Crippen LogP contribution in [0.3, 0.4) is 0 Å². The second kappa shape index (κ2) is 5.08. The van der Waals surface area contributed by atoms with E-state index >= 15 is 0 Å². The molecule has 1 aromatic rings. The smallest absolute Gasteiger partial charge is 0.254 e. The van der Waals surface area contributed by atoms with Crippen LogP contribution in [0.5, 0.6) is 0 Å². The largest absolute Gasteiger partial charge is 0.386 e. The maximum Gasteiger partial charge on any atom is 0.254 e. The number of hydrogen-bond donors (Lipinski definition) is 1. The summed E-state index contributed by atoms with van der Waals surface area (Å²) in [7, 11) is 0. The molecular weight excluding hydrogens is 230 g/mol. The fourth-order valence-corrected chi connectivity index (χ4v) is 1.98. The number of morpholine rings is 1. The van der Waals surface area contributed by atoms with Crippen molar-refractivity contribution < 1.29 is 14.6 Å². The third-order valence-corrected chi connectivity index (χ3v) is 3.11. The third-order valence-electron chi connectivity index (χ3n) is 3.11. The highest BCUT2D eigenvalue weighted by molar-refractivity contribution is 5.94. The molecule has 4 nitrogen and oxygen atoms in total. The first-order valence-electron chi connectivity index (χ1n) is 6.18. The Labute approximate surface area is 107 Å². The Morgan fingerprint density at radius 2 is 2.00 bits per heavy atom. The van der Waals surface area contributed by atoms with Gasteiger partial charge in [0.2, 0.25) is 0 Å². The number of carbonyl (C=O) groups excluding carboxylic acids is 1. The van der Waals surface area contributed by atoms with E-state index in [1.54, 1.807) is 36.9 Å². The summed E-state index contributed by atoms with van der Waals surface area (Å²) in [5, 5.41) is 9.96. The predicted octanol–water partition coefficient (Wildman–Crippen LogP) is 1.39. The summed E-state index contributed by atoms with van der Waals surface area (Å²) in [6.07, 6.45) is 0. The lowest BCUT2D eigenvalue weighted by molar-refractivity contribution is 0.0302. The van der Waals surface area contributed by atoms with E-state index in [0.717, 1.165) is 5.56 Å². The van der Waals surface area contributed by atoms with Gasteiger partial charge < -0.3 is 14.7 Å². The Hall–Kier alpha value is -1.39. The van der Waals surface area contributed by atoms with Crippen molar-refractivity contribution >= 4 is 5.91 Å². The van der Waals surface area contributed by atoms with Gasteiger partial charge in [-0.05, 0) is 31.5 Å². The van der Waals surface area contributed by atoms with Crippen LogP contribution in [0.1, 0.15) is 29.8 Å². The standard InChI is InChI=1S/C14H19NO3/c1-14(2,17)12-5-3-4-11(10-12)13(16)15-6-8-18-9-7-15/h3-5,10,17H,6-9H2,1-2H3. The topological polar surface area (TPSA) is 49.8 Å². The quantitative estimate of drug-likeness (QED) is 0.861. The van der Waals surface area contributed by atoms with E-state index in [1.165, 1.54) is 0 Å². The van der Waals surface area contributed by atoms with Crippen LogP contribution in [0, 0.1) is 0 Å². The zero-order valence-electron chi connectivity index (χ0n) is 10.8. The lowest BCUT2D eigenvalue weighted by Gasteiger charge is -2.27. The Bertz CT molecular complexity index is 431. The number of benzene rings is 1. The molecule has 0 atom stereocenters. The highest BCUT2D eigenvalue weighted by Gasteiger charge is 2.21. The maximum atomic E-state index is 12.3. The Balaban J connectivity index is 2.20. The molecule has 0 spiro atoms. The molecule has 1 saturated heterocycles. The third kappa shape index (κ3) is 2.89. The van der Waals surface area contributed by atoms with Gasteiger partial charge in [-0.1, -0.05) is 12.1 Å². The van der Waals surface area contributed by atoms with Crippen molar-refractivity contribution in [2.24, 2.45) is 0 Å². The molecule has 1 aliphatic heterocycles. The summed E-state index contributed by atoms with van der Waals surface area (Å²) in [4.78, 5) is 14.1. The number of nitrogens with zero attached hydrogens (tertiary/aromatic N) is 1. The highest BCUT2D eigenvalue weighted by Crippen LogP contribution is 2.21.